The van der Waals surface area contributed by atoms with Gasteiger partial charge < -0.3 is 42.6 Å². The molecule has 120 heavy (non-hydrogen) atoms. The Bertz CT molecular complexity index is 5670. The van der Waals surface area contributed by atoms with Crippen LogP contribution in [-0.4, -0.2) is 80.2 Å². The Morgan fingerprint density at radius 1 is 0.442 bits per heavy atom. The molecular formula is C81H71Br2N15O11S11. The standard InChI is InChI=1S/C25H20N4O3S3.2C16H14N4O2S3.C15H13N3O2S2.C9H9BrO2.BrH/c1-32-19-5-2-4-17(13-19)21-14-35-25(28-21)27-20(12-16-7-9-18(10-8-16)29(30)31)22-15-34-24(26-22)23-6-3-11-33-23;2*17-16(23)19-12(8-10-3-5-11(6-4-10)20(21)22)13-9-25-15(18-13)14-2-1-7-24-14;16-12(8-10-3-5-11(6-4-10)18(19)20)13-9-22-15(17-13)14-2-1-7-21-14;1-12-9-5-3-2-4-7(9)8(11)6-10;/h2-11,13-15,20H,12H2,1H3,(H,27,28);2*1-7,9,12H,8H2,(H3,17,19,23);1-7,9,12H,8,16H2;2-5H,6H2,1H3;1H/t20-;3*12-;;/m0000../s1. The van der Waals surface area contributed by atoms with Crippen LogP contribution < -0.4 is 42.6 Å². The number of nitro groups is 4. The molecule has 616 valence electrons. The Morgan fingerprint density at radius 3 is 1.17 bits per heavy atom. The average Bonchev–Trinajstić information content (AvgIpc) is 1.66. The molecule has 0 aliphatic rings. The van der Waals surface area contributed by atoms with Crippen molar-refractivity contribution in [2.45, 2.75) is 49.9 Å². The summed E-state index contributed by atoms with van der Waals surface area (Å²) < 4.78 is 10.4. The van der Waals surface area contributed by atoms with E-state index in [0.717, 1.165) is 107 Å². The number of Topliss-reactive ketones (excluding diaryl/α,β-unsaturated/α-hetero) is 1. The van der Waals surface area contributed by atoms with E-state index in [9.17, 15) is 45.3 Å². The molecule has 9 heterocycles. The Balaban J connectivity index is 0.000000162. The second-order valence-electron chi connectivity index (χ2n) is 25.2. The maximum atomic E-state index is 11.3. The summed E-state index contributed by atoms with van der Waals surface area (Å²) in [5, 5.41) is 76.3. The highest BCUT2D eigenvalue weighted by Crippen LogP contribution is 2.38. The third-order valence-corrected chi connectivity index (χ3v) is 26.3. The number of alkyl halides is 1. The van der Waals surface area contributed by atoms with Crippen LogP contribution in [0.4, 0.5) is 27.9 Å². The second-order valence-corrected chi connectivity index (χ2v) is 34.7. The van der Waals surface area contributed by atoms with Gasteiger partial charge in [0.2, 0.25) is 0 Å². The Hall–Kier alpha value is -10.8. The van der Waals surface area contributed by atoms with Gasteiger partial charge in [-0.05, 0) is 142 Å². The van der Waals surface area contributed by atoms with Gasteiger partial charge in [-0.3, -0.25) is 45.3 Å². The molecule has 15 rings (SSSR count). The van der Waals surface area contributed by atoms with Gasteiger partial charge in [0.15, 0.2) is 21.1 Å². The number of rotatable bonds is 29. The summed E-state index contributed by atoms with van der Waals surface area (Å²) in [6.07, 6.45) is 2.36. The van der Waals surface area contributed by atoms with Crippen LogP contribution in [0.1, 0.15) is 79.6 Å². The van der Waals surface area contributed by atoms with Crippen LogP contribution in [0.2, 0.25) is 0 Å². The zero-order valence-corrected chi connectivity index (χ0v) is 75.3. The third kappa shape index (κ3) is 26.6. The lowest BCUT2D eigenvalue weighted by Gasteiger charge is -2.17. The molecule has 0 fully saturated rings. The van der Waals surface area contributed by atoms with Crippen LogP contribution in [-0.2, 0) is 25.7 Å². The van der Waals surface area contributed by atoms with Crippen molar-refractivity contribution in [3.8, 4) is 62.3 Å². The van der Waals surface area contributed by atoms with E-state index in [1.807, 2.05) is 122 Å². The van der Waals surface area contributed by atoms with E-state index in [2.05, 4.69) is 48.3 Å². The molecular weight excluding hydrogens is 1870 g/mol. The first kappa shape index (κ1) is 91.5. The first-order valence-corrected chi connectivity index (χ1v) is 45.3. The van der Waals surface area contributed by atoms with E-state index in [1.165, 1.54) is 59.9 Å². The number of ether oxygens (including phenoxy) is 2. The largest absolute Gasteiger partial charge is 0.497 e. The number of thiophene rings is 4. The van der Waals surface area contributed by atoms with Crippen molar-refractivity contribution in [3.05, 3.63) is 334 Å². The smallest absolute Gasteiger partial charge is 0.269 e. The van der Waals surface area contributed by atoms with E-state index < -0.39 is 14.8 Å². The summed E-state index contributed by atoms with van der Waals surface area (Å²) in [4.78, 5) is 81.0. The summed E-state index contributed by atoms with van der Waals surface area (Å²) in [6.45, 7) is 0. The zero-order valence-electron chi connectivity index (χ0n) is 63.0. The number of non-ortho nitro benzene ring substituents is 4. The summed E-state index contributed by atoms with van der Waals surface area (Å²) >= 11 is 27.5. The molecule has 9 aromatic heterocycles. The lowest BCUT2D eigenvalue weighted by atomic mass is 10.0. The number of halogens is 2. The molecule has 39 heteroatoms. The molecule has 0 spiro atoms. The SMILES string of the molecule is Br.COc1cccc(-c2csc(N[C@@H](Cc3ccc([N+](=O)[O-])cc3)c3csc(-c4cccs4)n3)n2)c1.COc1ccccc1C(=O)CBr.NC(=S)N[C@@H](Cc1ccc([N+](=O)[O-])cc1)c1csc(-c2cccs2)n1.NC(=S)N[C@@H](Cc1ccc([N+](=O)[O-])cc1)c1csc(-c2cccs2)n1.N[C@@H](Cc1ccc([N+](=O)[O-])cc1)c1csc(-c2cccs2)n1. The van der Waals surface area contributed by atoms with E-state index in [1.54, 1.807) is 166 Å². The number of thiocarbonyl (C=S) groups is 2. The lowest BCUT2D eigenvalue weighted by Crippen LogP contribution is -2.34. The minimum absolute atomic E-state index is 0. The highest BCUT2D eigenvalue weighted by atomic mass is 79.9. The second kappa shape index (κ2) is 45.6. The van der Waals surface area contributed by atoms with Gasteiger partial charge in [-0.2, -0.15) is 0 Å². The molecule has 0 amide bonds. The van der Waals surface area contributed by atoms with Crippen molar-refractivity contribution in [1.82, 2.24) is 35.6 Å². The molecule has 0 unspecified atom stereocenters. The molecule has 15 aromatic rings. The topological polar surface area (TPSA) is 387 Å². The average molecular weight is 1940 g/mol. The van der Waals surface area contributed by atoms with E-state index >= 15 is 0 Å². The molecule has 4 atom stereocenters. The van der Waals surface area contributed by atoms with Crippen molar-refractivity contribution < 1.29 is 34.0 Å². The third-order valence-electron chi connectivity index (χ3n) is 17.2. The Kier molecular flexibility index (Phi) is 34.8. The maximum Gasteiger partial charge on any atom is 0.269 e. The molecule has 9 N–H and O–H groups in total. The van der Waals surface area contributed by atoms with Crippen molar-refractivity contribution in [2.24, 2.45) is 17.2 Å². The quantitative estimate of drug-likeness (QED) is 0.00833. The first-order chi connectivity index (χ1) is 57.6. The first-order valence-electron chi connectivity index (χ1n) is 35.4. The lowest BCUT2D eigenvalue weighted by molar-refractivity contribution is -0.385. The highest BCUT2D eigenvalue weighted by Gasteiger charge is 2.24. The predicted molar refractivity (Wildman–Crippen MR) is 503 cm³/mol. The highest BCUT2D eigenvalue weighted by molar-refractivity contribution is 9.09. The molecule has 26 nitrogen and oxygen atoms in total. The van der Waals surface area contributed by atoms with Crippen LogP contribution in [0.3, 0.4) is 0 Å². The summed E-state index contributed by atoms with van der Waals surface area (Å²) in [7, 11) is 3.20. The van der Waals surface area contributed by atoms with Crippen LogP contribution in [0.25, 0.3) is 50.8 Å². The van der Waals surface area contributed by atoms with Crippen LogP contribution in [0.5, 0.6) is 11.5 Å². The van der Waals surface area contributed by atoms with E-state index in [4.69, 9.17) is 71.0 Å². The van der Waals surface area contributed by atoms with Crippen molar-refractivity contribution in [3.63, 3.8) is 0 Å². The number of aromatic nitrogens is 5. The number of carbonyl (C=O) groups excluding carboxylic acids is 1. The fraction of sp³-hybridized carbons (Fsp3) is 0.136. The number of para-hydroxylation sites is 1. The van der Waals surface area contributed by atoms with Crippen molar-refractivity contribution in [1.29, 1.82) is 0 Å². The number of anilines is 1. The Labute approximate surface area is 753 Å². The fourth-order valence-electron chi connectivity index (χ4n) is 11.3. The number of hydrogen-bond donors (Lipinski definition) is 6. The molecule has 0 saturated carbocycles. The number of benzene rings is 6. The van der Waals surface area contributed by atoms with Gasteiger partial charge in [-0.15, -0.1) is 119 Å². The number of hydrogen-bond acceptors (Lipinski definition) is 29. The van der Waals surface area contributed by atoms with E-state index in [0.29, 0.717) is 42.3 Å². The van der Waals surface area contributed by atoms with Crippen LogP contribution in [0.15, 0.2) is 243 Å². The van der Waals surface area contributed by atoms with Gasteiger partial charge in [0, 0.05) is 81.0 Å². The number of carbonyl (C=O) groups is 1. The van der Waals surface area contributed by atoms with Crippen LogP contribution in [0, 0.1) is 40.5 Å². The van der Waals surface area contributed by atoms with Gasteiger partial charge in [0.25, 0.3) is 22.7 Å². The minimum Gasteiger partial charge on any atom is -0.497 e. The molecule has 0 radical (unpaired) electrons. The number of nitrogens with zero attached hydrogens (tertiary/aromatic N) is 9. The molecule has 0 saturated heterocycles. The number of thiazole rings is 5. The molecule has 0 aliphatic heterocycles. The molecule has 0 aliphatic carbocycles. The van der Waals surface area contributed by atoms with E-state index in [-0.39, 0.29) is 84.8 Å². The van der Waals surface area contributed by atoms with Gasteiger partial charge in [-0.25, -0.2) is 24.9 Å². The Morgan fingerprint density at radius 2 is 0.808 bits per heavy atom. The van der Waals surface area contributed by atoms with Crippen LogP contribution >= 0.6 is 159 Å². The van der Waals surface area contributed by atoms with Gasteiger partial charge in [-0.1, -0.05) is 113 Å². The number of ketones is 1. The summed E-state index contributed by atoms with van der Waals surface area (Å²) in [5.74, 6) is 1.44. The normalized spacial score (nSPS) is 11.6. The summed E-state index contributed by atoms with van der Waals surface area (Å²) in [5.41, 5.74) is 27.6. The molecule has 0 bridgehead atoms. The number of methoxy groups -OCH3 is 2. The monoisotopic (exact) mass is 1940 g/mol. The summed E-state index contributed by atoms with van der Waals surface area (Å²) in [6, 6.07) is 56.4. The molecule has 6 aromatic carbocycles. The maximum absolute atomic E-state index is 11.3. The van der Waals surface area contributed by atoms with Gasteiger partial charge in [0.05, 0.1) is 117 Å². The van der Waals surface area contributed by atoms with Crippen molar-refractivity contribution >= 4 is 203 Å². The van der Waals surface area contributed by atoms with Gasteiger partial charge >= 0.3 is 0 Å². The predicted octanol–water partition coefficient (Wildman–Crippen LogP) is 22.0. The number of nitrogens with one attached hydrogen (secondary N) is 3. The number of nitrogens with two attached hydrogens (primary N) is 3. The zero-order chi connectivity index (χ0) is 84.3. The van der Waals surface area contributed by atoms with Crippen molar-refractivity contribution in [2.75, 3.05) is 24.9 Å². The minimum atomic E-state index is -0.414. The number of nitro benzene ring substituents is 4. The fourth-order valence-corrected chi connectivity index (χ4v) is 19.4. The van der Waals surface area contributed by atoms with Gasteiger partial charge in [0.1, 0.15) is 31.5 Å².